The molecule has 4 nitrogen and oxygen atoms in total. The molecule has 1 aliphatic heterocycles. The van der Waals surface area contributed by atoms with E-state index in [1.165, 1.54) is 17.0 Å². The summed E-state index contributed by atoms with van der Waals surface area (Å²) < 4.78 is 26.1. The van der Waals surface area contributed by atoms with Gasteiger partial charge in [-0.2, -0.15) is 0 Å². The number of carbonyl (C=O) groups excluding carboxylic acids is 1. The fourth-order valence-electron chi connectivity index (χ4n) is 2.74. The SMILES string of the molecule is CCOc1cc(/C=C2\SC(=S)N(c3ccccc3F)C2=O)ccc1O[C@H](C)CC. The highest BCUT2D eigenvalue weighted by Gasteiger charge is 2.34. The second-order valence-electron chi connectivity index (χ2n) is 6.44. The fraction of sp³-hybridized carbons (Fsp3) is 0.273. The average Bonchev–Trinajstić information content (AvgIpc) is 2.97. The highest BCUT2D eigenvalue weighted by atomic mass is 32.2. The summed E-state index contributed by atoms with van der Waals surface area (Å²) in [5.74, 6) is 0.446. The Hall–Kier alpha value is -2.38. The van der Waals surface area contributed by atoms with Crippen molar-refractivity contribution in [3.63, 3.8) is 0 Å². The molecule has 2 aromatic carbocycles. The van der Waals surface area contributed by atoms with Crippen LogP contribution >= 0.6 is 24.0 Å². The van der Waals surface area contributed by atoms with Crippen LogP contribution in [0.4, 0.5) is 10.1 Å². The van der Waals surface area contributed by atoms with Crippen LogP contribution in [0, 0.1) is 5.82 Å². The average molecular weight is 432 g/mol. The van der Waals surface area contributed by atoms with E-state index in [0.29, 0.717) is 27.3 Å². The Kier molecular flexibility index (Phi) is 6.92. The molecule has 152 valence electrons. The molecule has 0 saturated carbocycles. The van der Waals surface area contributed by atoms with E-state index in [0.717, 1.165) is 23.7 Å². The molecule has 1 heterocycles. The van der Waals surface area contributed by atoms with Crippen LogP contribution in [-0.2, 0) is 4.79 Å². The van der Waals surface area contributed by atoms with E-state index in [-0.39, 0.29) is 17.7 Å². The second-order valence-corrected chi connectivity index (χ2v) is 8.12. The summed E-state index contributed by atoms with van der Waals surface area (Å²) >= 11 is 6.47. The molecule has 1 aliphatic rings. The Balaban J connectivity index is 1.90. The van der Waals surface area contributed by atoms with Crippen LogP contribution in [-0.4, -0.2) is 22.9 Å². The van der Waals surface area contributed by atoms with E-state index in [9.17, 15) is 9.18 Å². The van der Waals surface area contributed by atoms with Crippen molar-refractivity contribution in [1.29, 1.82) is 0 Å². The van der Waals surface area contributed by atoms with Crippen LogP contribution in [0.15, 0.2) is 47.4 Å². The molecule has 1 amide bonds. The zero-order valence-corrected chi connectivity index (χ0v) is 18.1. The van der Waals surface area contributed by atoms with Gasteiger partial charge < -0.3 is 9.47 Å². The van der Waals surface area contributed by atoms with Crippen LogP contribution in [0.2, 0.25) is 0 Å². The van der Waals surface area contributed by atoms with Crippen molar-refractivity contribution in [2.75, 3.05) is 11.5 Å². The summed E-state index contributed by atoms with van der Waals surface area (Å²) in [4.78, 5) is 14.5. The van der Waals surface area contributed by atoms with Gasteiger partial charge in [-0.15, -0.1) is 0 Å². The van der Waals surface area contributed by atoms with Gasteiger partial charge in [0.1, 0.15) is 5.82 Å². The Morgan fingerprint density at radius 1 is 1.21 bits per heavy atom. The molecule has 0 aliphatic carbocycles. The van der Waals surface area contributed by atoms with Crippen molar-refractivity contribution in [2.24, 2.45) is 0 Å². The lowest BCUT2D eigenvalue weighted by Crippen LogP contribution is -2.28. The molecule has 0 radical (unpaired) electrons. The van der Waals surface area contributed by atoms with Crippen LogP contribution in [0.25, 0.3) is 6.08 Å². The second kappa shape index (κ2) is 9.41. The minimum atomic E-state index is -0.491. The van der Waals surface area contributed by atoms with Crippen molar-refractivity contribution in [3.05, 3.63) is 58.8 Å². The van der Waals surface area contributed by atoms with Gasteiger partial charge in [-0.1, -0.05) is 49.1 Å². The third-order valence-corrected chi connectivity index (χ3v) is 5.66. The first-order chi connectivity index (χ1) is 13.9. The molecule has 1 fully saturated rings. The highest BCUT2D eigenvalue weighted by Crippen LogP contribution is 2.38. The minimum absolute atomic E-state index is 0.0667. The molecular formula is C22H22FNO3S2. The molecule has 0 spiro atoms. The van der Waals surface area contributed by atoms with Crippen LogP contribution < -0.4 is 14.4 Å². The lowest BCUT2D eigenvalue weighted by molar-refractivity contribution is -0.113. The van der Waals surface area contributed by atoms with E-state index >= 15 is 0 Å². The lowest BCUT2D eigenvalue weighted by Gasteiger charge is -2.16. The normalized spacial score (nSPS) is 16.4. The van der Waals surface area contributed by atoms with Gasteiger partial charge in [0, 0.05) is 0 Å². The van der Waals surface area contributed by atoms with Gasteiger partial charge in [0.15, 0.2) is 15.8 Å². The van der Waals surface area contributed by atoms with Crippen LogP contribution in [0.1, 0.15) is 32.8 Å². The molecule has 29 heavy (non-hydrogen) atoms. The standard InChI is InChI=1S/C22H22FNO3S2/c1-4-14(3)27-18-11-10-15(12-19(18)26-5-2)13-20-21(25)24(22(28)29-20)17-9-7-6-8-16(17)23/h6-14H,4-5H2,1-3H3/b20-13-/t14-/m1/s1. The first kappa shape index (κ1) is 21.3. The van der Waals surface area contributed by atoms with Crippen molar-refractivity contribution in [1.82, 2.24) is 0 Å². The maximum atomic E-state index is 14.1. The highest BCUT2D eigenvalue weighted by molar-refractivity contribution is 8.27. The summed E-state index contributed by atoms with van der Waals surface area (Å²) in [6.45, 7) is 6.45. The number of amides is 1. The Morgan fingerprint density at radius 2 is 1.97 bits per heavy atom. The van der Waals surface area contributed by atoms with Crippen molar-refractivity contribution in [3.8, 4) is 11.5 Å². The van der Waals surface area contributed by atoms with E-state index in [4.69, 9.17) is 21.7 Å². The third-order valence-electron chi connectivity index (χ3n) is 4.36. The van der Waals surface area contributed by atoms with Gasteiger partial charge in [0.05, 0.1) is 23.3 Å². The molecule has 3 rings (SSSR count). The van der Waals surface area contributed by atoms with Gasteiger partial charge >= 0.3 is 0 Å². The molecule has 0 bridgehead atoms. The largest absolute Gasteiger partial charge is 0.490 e. The zero-order chi connectivity index (χ0) is 21.0. The van der Waals surface area contributed by atoms with E-state index in [2.05, 4.69) is 6.92 Å². The Bertz CT molecular complexity index is 961. The summed E-state index contributed by atoms with van der Waals surface area (Å²) in [6, 6.07) is 11.6. The molecule has 0 N–H and O–H groups in total. The van der Waals surface area contributed by atoms with Crippen molar-refractivity contribution in [2.45, 2.75) is 33.3 Å². The first-order valence-corrected chi connectivity index (χ1v) is 10.6. The number of hydrogen-bond donors (Lipinski definition) is 0. The van der Waals surface area contributed by atoms with Crippen LogP contribution in [0.3, 0.4) is 0 Å². The predicted octanol–water partition coefficient (Wildman–Crippen LogP) is 5.81. The number of hydrogen-bond acceptors (Lipinski definition) is 5. The number of anilines is 1. The molecule has 1 atom stereocenters. The maximum Gasteiger partial charge on any atom is 0.270 e. The third kappa shape index (κ3) is 4.79. The number of benzene rings is 2. The molecule has 0 aromatic heterocycles. The molecule has 7 heteroatoms. The van der Waals surface area contributed by atoms with E-state index in [1.807, 2.05) is 32.0 Å². The number of thioether (sulfide) groups is 1. The van der Waals surface area contributed by atoms with Crippen molar-refractivity contribution < 1.29 is 18.7 Å². The molecule has 0 unspecified atom stereocenters. The predicted molar refractivity (Wildman–Crippen MR) is 120 cm³/mol. The lowest BCUT2D eigenvalue weighted by atomic mass is 10.1. The summed E-state index contributed by atoms with van der Waals surface area (Å²) in [6.07, 6.45) is 2.68. The molecular weight excluding hydrogens is 409 g/mol. The van der Waals surface area contributed by atoms with E-state index in [1.54, 1.807) is 18.2 Å². The first-order valence-electron chi connectivity index (χ1n) is 9.40. The number of nitrogens with zero attached hydrogens (tertiary/aromatic N) is 1. The van der Waals surface area contributed by atoms with Gasteiger partial charge in [0.25, 0.3) is 5.91 Å². The zero-order valence-electron chi connectivity index (χ0n) is 16.5. The summed E-state index contributed by atoms with van der Waals surface area (Å²) in [7, 11) is 0. The van der Waals surface area contributed by atoms with Gasteiger partial charge in [-0.3, -0.25) is 9.69 Å². The van der Waals surface area contributed by atoms with Crippen LogP contribution in [0.5, 0.6) is 11.5 Å². The number of carbonyl (C=O) groups is 1. The topological polar surface area (TPSA) is 38.8 Å². The molecule has 2 aromatic rings. The summed E-state index contributed by atoms with van der Waals surface area (Å²) in [5, 5.41) is 0. The van der Waals surface area contributed by atoms with Gasteiger partial charge in [-0.25, -0.2) is 4.39 Å². The smallest absolute Gasteiger partial charge is 0.270 e. The quantitative estimate of drug-likeness (QED) is 0.409. The number of thiocarbonyl (C=S) groups is 1. The van der Waals surface area contributed by atoms with Crippen molar-refractivity contribution >= 4 is 46.0 Å². The Labute approximate surface area is 179 Å². The maximum absolute atomic E-state index is 14.1. The summed E-state index contributed by atoms with van der Waals surface area (Å²) in [5.41, 5.74) is 0.935. The minimum Gasteiger partial charge on any atom is -0.490 e. The van der Waals surface area contributed by atoms with Gasteiger partial charge in [0.2, 0.25) is 0 Å². The Morgan fingerprint density at radius 3 is 2.66 bits per heavy atom. The number of rotatable bonds is 7. The number of para-hydroxylation sites is 1. The number of ether oxygens (including phenoxy) is 2. The monoisotopic (exact) mass is 431 g/mol. The fourth-order valence-corrected chi connectivity index (χ4v) is 4.02. The number of halogens is 1. The van der Waals surface area contributed by atoms with Gasteiger partial charge in [-0.05, 0) is 56.2 Å². The van der Waals surface area contributed by atoms with E-state index < -0.39 is 5.82 Å². The molecule has 1 saturated heterocycles.